The molecule has 2 saturated carbocycles. The van der Waals surface area contributed by atoms with Gasteiger partial charge in [-0.1, -0.05) is 12.8 Å². The second kappa shape index (κ2) is 9.44. The van der Waals surface area contributed by atoms with Gasteiger partial charge in [-0.2, -0.15) is 0 Å². The van der Waals surface area contributed by atoms with Gasteiger partial charge >= 0.3 is 6.09 Å². The van der Waals surface area contributed by atoms with Crippen LogP contribution in [0.25, 0.3) is 0 Å². The number of carbonyl (C=O) groups excluding carboxylic acids is 2. The van der Waals surface area contributed by atoms with Crippen LogP contribution in [0, 0.1) is 5.92 Å². The Morgan fingerprint density at radius 3 is 2.54 bits per heavy atom. The van der Waals surface area contributed by atoms with Crippen LogP contribution in [-0.2, 0) is 14.3 Å². The third-order valence-electron chi connectivity index (χ3n) is 5.73. The summed E-state index contributed by atoms with van der Waals surface area (Å²) in [6, 6.07) is 0.556. The molecule has 7 nitrogen and oxygen atoms in total. The molecule has 2 atom stereocenters. The van der Waals surface area contributed by atoms with Gasteiger partial charge in [0.05, 0.1) is 19.3 Å². The molecule has 2 aliphatic carbocycles. The lowest BCUT2D eigenvalue weighted by atomic mass is 10.0. The van der Waals surface area contributed by atoms with E-state index in [1.807, 2.05) is 20.8 Å². The van der Waals surface area contributed by atoms with Crippen LogP contribution < -0.4 is 10.6 Å². The molecule has 1 saturated heterocycles. The average molecular weight is 396 g/mol. The molecule has 160 valence electrons. The van der Waals surface area contributed by atoms with Crippen molar-refractivity contribution in [3.8, 4) is 0 Å². The summed E-state index contributed by atoms with van der Waals surface area (Å²) in [5, 5.41) is 6.69. The second-order valence-corrected chi connectivity index (χ2v) is 9.45. The van der Waals surface area contributed by atoms with Gasteiger partial charge in [0.15, 0.2) is 0 Å². The Morgan fingerprint density at radius 1 is 1.18 bits per heavy atom. The van der Waals surface area contributed by atoms with Gasteiger partial charge in [-0.3, -0.25) is 4.79 Å². The minimum atomic E-state index is -0.494. The van der Waals surface area contributed by atoms with Crippen LogP contribution in [-0.4, -0.2) is 66.9 Å². The molecule has 0 bridgehead atoms. The number of rotatable bonds is 7. The van der Waals surface area contributed by atoms with Gasteiger partial charge < -0.3 is 25.0 Å². The molecule has 0 radical (unpaired) electrons. The molecule has 0 aromatic rings. The molecule has 28 heavy (non-hydrogen) atoms. The molecule has 0 unspecified atom stereocenters. The van der Waals surface area contributed by atoms with Crippen molar-refractivity contribution in [2.75, 3.05) is 26.2 Å². The number of ether oxygens (including phenoxy) is 2. The van der Waals surface area contributed by atoms with E-state index in [0.29, 0.717) is 44.6 Å². The van der Waals surface area contributed by atoms with E-state index in [1.54, 1.807) is 4.90 Å². The second-order valence-electron chi connectivity index (χ2n) is 9.45. The number of nitrogens with zero attached hydrogens (tertiary/aromatic N) is 1. The first kappa shape index (κ1) is 21.4. The van der Waals surface area contributed by atoms with Crippen molar-refractivity contribution in [3.05, 3.63) is 0 Å². The van der Waals surface area contributed by atoms with E-state index in [-0.39, 0.29) is 24.1 Å². The first-order chi connectivity index (χ1) is 13.3. The van der Waals surface area contributed by atoms with Crippen LogP contribution in [0.2, 0.25) is 0 Å². The summed E-state index contributed by atoms with van der Waals surface area (Å²) in [6.07, 6.45) is 7.19. The highest BCUT2D eigenvalue weighted by Crippen LogP contribution is 2.35. The van der Waals surface area contributed by atoms with Crippen LogP contribution in [0.1, 0.15) is 65.7 Å². The first-order valence-electron chi connectivity index (χ1n) is 10.9. The normalized spacial score (nSPS) is 24.8. The Bertz CT molecular complexity index is 538. The molecule has 3 rings (SSSR count). The maximum atomic E-state index is 12.4. The molecule has 3 fully saturated rings. The number of amides is 2. The minimum Gasteiger partial charge on any atom is -0.444 e. The topological polar surface area (TPSA) is 79.9 Å². The van der Waals surface area contributed by atoms with Crippen molar-refractivity contribution in [1.29, 1.82) is 0 Å². The van der Waals surface area contributed by atoms with E-state index in [9.17, 15) is 9.59 Å². The summed E-state index contributed by atoms with van der Waals surface area (Å²) in [4.78, 5) is 26.3. The minimum absolute atomic E-state index is 0.0494. The maximum Gasteiger partial charge on any atom is 0.410 e. The number of carbonyl (C=O) groups is 2. The van der Waals surface area contributed by atoms with E-state index in [0.717, 1.165) is 12.8 Å². The molecule has 1 aliphatic heterocycles. The molecule has 7 heteroatoms. The van der Waals surface area contributed by atoms with Crippen molar-refractivity contribution in [3.63, 3.8) is 0 Å². The van der Waals surface area contributed by atoms with Crippen molar-refractivity contribution in [1.82, 2.24) is 15.5 Å². The molecule has 0 spiro atoms. The van der Waals surface area contributed by atoms with E-state index < -0.39 is 5.60 Å². The van der Waals surface area contributed by atoms with Gasteiger partial charge in [0.1, 0.15) is 5.60 Å². The Hall–Kier alpha value is -1.34. The number of hydrogen-bond donors (Lipinski definition) is 2. The van der Waals surface area contributed by atoms with E-state index in [4.69, 9.17) is 9.47 Å². The van der Waals surface area contributed by atoms with E-state index in [1.165, 1.54) is 25.7 Å². The van der Waals surface area contributed by atoms with E-state index >= 15 is 0 Å². The fourth-order valence-corrected chi connectivity index (χ4v) is 4.16. The standard InChI is InChI=1S/C21H37N3O4/c1-21(2,3)28-20(26)24-12-13-27-17(14-24)19(15-8-9-15)22-11-10-18(25)23-16-6-4-5-7-16/h15-17,19,22H,4-14H2,1-3H3,(H,23,25)/t17-,19-/m1/s1. The highest BCUT2D eigenvalue weighted by atomic mass is 16.6. The first-order valence-corrected chi connectivity index (χ1v) is 10.9. The van der Waals surface area contributed by atoms with Crippen LogP contribution in [0.4, 0.5) is 4.79 Å². The monoisotopic (exact) mass is 395 g/mol. The lowest BCUT2D eigenvalue weighted by Gasteiger charge is -2.38. The van der Waals surface area contributed by atoms with Crippen LogP contribution >= 0.6 is 0 Å². The van der Waals surface area contributed by atoms with Crippen molar-refractivity contribution in [2.24, 2.45) is 5.92 Å². The van der Waals surface area contributed by atoms with Gasteiger partial charge in [0.2, 0.25) is 5.91 Å². The molecule has 0 aromatic heterocycles. The Balaban J connectivity index is 1.45. The largest absolute Gasteiger partial charge is 0.444 e. The number of morpholine rings is 1. The highest BCUT2D eigenvalue weighted by Gasteiger charge is 2.40. The zero-order valence-electron chi connectivity index (χ0n) is 17.7. The molecule has 1 heterocycles. The smallest absolute Gasteiger partial charge is 0.410 e. The van der Waals surface area contributed by atoms with Crippen LogP contribution in [0.5, 0.6) is 0 Å². The number of hydrogen-bond acceptors (Lipinski definition) is 5. The van der Waals surface area contributed by atoms with E-state index in [2.05, 4.69) is 10.6 Å². The zero-order chi connectivity index (χ0) is 20.1. The maximum absolute atomic E-state index is 12.4. The predicted molar refractivity (Wildman–Crippen MR) is 107 cm³/mol. The lowest BCUT2D eigenvalue weighted by molar-refractivity contribution is -0.121. The van der Waals surface area contributed by atoms with Crippen molar-refractivity contribution < 1.29 is 19.1 Å². The van der Waals surface area contributed by atoms with Crippen LogP contribution in [0.15, 0.2) is 0 Å². The van der Waals surface area contributed by atoms with Gasteiger partial charge in [-0.05, 0) is 52.4 Å². The Kier molecular flexibility index (Phi) is 7.20. The average Bonchev–Trinajstić information content (AvgIpc) is 3.34. The Labute approximate surface area is 168 Å². The zero-order valence-corrected chi connectivity index (χ0v) is 17.7. The van der Waals surface area contributed by atoms with Crippen molar-refractivity contribution >= 4 is 12.0 Å². The Morgan fingerprint density at radius 2 is 1.89 bits per heavy atom. The molecule has 2 N–H and O–H groups in total. The summed E-state index contributed by atoms with van der Waals surface area (Å²) in [5.74, 6) is 0.704. The fourth-order valence-electron chi connectivity index (χ4n) is 4.16. The van der Waals surface area contributed by atoms with Gasteiger partial charge in [-0.25, -0.2) is 4.79 Å². The molecule has 2 amide bonds. The van der Waals surface area contributed by atoms with Gasteiger partial charge in [0, 0.05) is 31.6 Å². The van der Waals surface area contributed by atoms with Crippen LogP contribution in [0.3, 0.4) is 0 Å². The summed E-state index contributed by atoms with van der Waals surface area (Å²) in [7, 11) is 0. The summed E-state index contributed by atoms with van der Waals surface area (Å²) in [6.45, 7) is 7.92. The summed E-state index contributed by atoms with van der Waals surface area (Å²) in [5.41, 5.74) is -0.494. The molecular formula is C21H37N3O4. The third-order valence-corrected chi connectivity index (χ3v) is 5.73. The summed E-state index contributed by atoms with van der Waals surface area (Å²) >= 11 is 0. The fraction of sp³-hybridized carbons (Fsp3) is 0.905. The molecule has 0 aromatic carbocycles. The summed E-state index contributed by atoms with van der Waals surface area (Å²) < 4.78 is 11.5. The SMILES string of the molecule is CC(C)(C)OC(=O)N1CCO[C@@H]([C@H](NCCC(=O)NC2CCCC2)C2CC2)C1. The van der Waals surface area contributed by atoms with Gasteiger partial charge in [-0.15, -0.1) is 0 Å². The number of nitrogens with one attached hydrogen (secondary N) is 2. The highest BCUT2D eigenvalue weighted by molar-refractivity contribution is 5.76. The molecule has 3 aliphatic rings. The van der Waals surface area contributed by atoms with Gasteiger partial charge in [0.25, 0.3) is 0 Å². The predicted octanol–water partition coefficient (Wildman–Crippen LogP) is 2.44. The molecular weight excluding hydrogens is 358 g/mol. The third kappa shape index (κ3) is 6.62. The van der Waals surface area contributed by atoms with Crippen molar-refractivity contribution in [2.45, 2.75) is 89.5 Å². The lowest BCUT2D eigenvalue weighted by Crippen LogP contribution is -2.55. The quantitative estimate of drug-likeness (QED) is 0.692.